The first-order valence-corrected chi connectivity index (χ1v) is 22.8. The van der Waals surface area contributed by atoms with Crippen molar-refractivity contribution in [2.45, 2.75) is 138 Å². The van der Waals surface area contributed by atoms with Gasteiger partial charge in [-0.1, -0.05) is 77.8 Å². The van der Waals surface area contributed by atoms with Gasteiger partial charge in [0, 0.05) is 53.8 Å². The summed E-state index contributed by atoms with van der Waals surface area (Å²) in [6.45, 7) is 19.0. The fraction of sp³-hybridized carbons (Fsp3) is 0.735. The number of carbonyl (C=O) groups is 5. The third-order valence-electron chi connectivity index (χ3n) is 17.5. The minimum atomic E-state index is -0.759. The van der Waals surface area contributed by atoms with Gasteiger partial charge in [0.1, 0.15) is 12.1 Å². The first-order chi connectivity index (χ1) is 27.2. The molecule has 9 heteroatoms. The molecule has 7 rings (SSSR count). The maximum absolute atomic E-state index is 13.8. The van der Waals surface area contributed by atoms with Crippen molar-refractivity contribution in [3.63, 3.8) is 0 Å². The number of hydrogen-bond donors (Lipinski definition) is 3. The number of fused-ring (bicyclic) bond motifs is 7. The molecular formula is C49H71ClN2O6. The summed E-state index contributed by atoms with van der Waals surface area (Å²) in [6.07, 6.45) is 11.7. The summed E-state index contributed by atoms with van der Waals surface area (Å²) in [5.74, 6) is 1.97. The molecule has 58 heavy (non-hydrogen) atoms. The number of aliphatic carboxylic acids is 1. The number of ketones is 2. The number of benzene rings is 1. The Morgan fingerprint density at radius 3 is 2.19 bits per heavy atom. The molecule has 1 aromatic rings. The van der Waals surface area contributed by atoms with E-state index in [9.17, 15) is 29.1 Å². The summed E-state index contributed by atoms with van der Waals surface area (Å²) in [5, 5.41) is 16.5. The van der Waals surface area contributed by atoms with Crippen LogP contribution in [-0.2, 0) is 19.2 Å². The van der Waals surface area contributed by atoms with Gasteiger partial charge >= 0.3 is 5.97 Å². The predicted octanol–water partition coefficient (Wildman–Crippen LogP) is 9.78. The summed E-state index contributed by atoms with van der Waals surface area (Å²) in [5.41, 5.74) is 3.20. The molecule has 0 saturated heterocycles. The van der Waals surface area contributed by atoms with Crippen molar-refractivity contribution in [1.82, 2.24) is 10.6 Å². The third-order valence-corrected chi connectivity index (χ3v) is 17.8. The molecule has 8 nitrogen and oxygen atoms in total. The van der Waals surface area contributed by atoms with E-state index in [0.717, 1.165) is 44.0 Å². The van der Waals surface area contributed by atoms with Crippen LogP contribution in [0.15, 0.2) is 35.4 Å². The molecule has 3 N–H and O–H groups in total. The number of halogens is 1. The zero-order valence-corrected chi connectivity index (χ0v) is 37.5. The number of aldehydes is 1. The van der Waals surface area contributed by atoms with E-state index >= 15 is 0 Å². The van der Waals surface area contributed by atoms with Gasteiger partial charge in [-0.3, -0.25) is 24.0 Å². The molecule has 0 aliphatic heterocycles. The normalized spacial score (nSPS) is 37.8. The number of hydrogen-bond acceptors (Lipinski definition) is 6. The molecule has 6 aliphatic carbocycles. The molecule has 1 aromatic carbocycles. The Labute approximate surface area is 352 Å². The topological polar surface area (TPSA) is 130 Å². The van der Waals surface area contributed by atoms with Crippen LogP contribution in [0.1, 0.15) is 143 Å². The number of likely N-dealkylation sites (N-methyl/N-ethyl adjacent to an activating group) is 1. The second kappa shape index (κ2) is 16.9. The van der Waals surface area contributed by atoms with E-state index in [2.05, 4.69) is 59.1 Å². The van der Waals surface area contributed by atoms with Crippen molar-refractivity contribution >= 4 is 41.3 Å². The zero-order valence-electron chi connectivity index (χ0n) is 36.7. The van der Waals surface area contributed by atoms with Gasteiger partial charge in [-0.2, -0.15) is 0 Å². The molecule has 1 amide bonds. The van der Waals surface area contributed by atoms with Crippen LogP contribution in [0.2, 0.25) is 5.02 Å². The molecule has 12 unspecified atom stereocenters. The molecule has 320 valence electrons. The molecule has 5 saturated carbocycles. The van der Waals surface area contributed by atoms with Gasteiger partial charge in [-0.25, -0.2) is 0 Å². The lowest BCUT2D eigenvalue weighted by Gasteiger charge is -2.69. The van der Waals surface area contributed by atoms with Crippen LogP contribution in [0.5, 0.6) is 0 Å². The lowest BCUT2D eigenvalue weighted by Crippen LogP contribution is -2.62. The highest BCUT2D eigenvalue weighted by molar-refractivity contribution is 6.30. The number of rotatable bonds is 11. The number of carboxylic acids is 1. The second-order valence-electron chi connectivity index (χ2n) is 21.1. The summed E-state index contributed by atoms with van der Waals surface area (Å²) in [6, 6.07) is 6.93. The number of Topliss-reactive ketones (excluding diaryl/α,β-unsaturated/α-hetero) is 2. The number of allylic oxidation sites excluding steroid dienone is 2. The minimum absolute atomic E-state index is 0.0467. The van der Waals surface area contributed by atoms with E-state index in [1.54, 1.807) is 24.3 Å². The Morgan fingerprint density at radius 1 is 0.914 bits per heavy atom. The Balaban J connectivity index is 0.000000557. The van der Waals surface area contributed by atoms with Gasteiger partial charge in [-0.15, -0.1) is 0 Å². The van der Waals surface area contributed by atoms with Crippen LogP contribution < -0.4 is 10.6 Å². The number of carboxylic acid groups (broad SMARTS) is 1. The first-order valence-electron chi connectivity index (χ1n) is 22.4. The van der Waals surface area contributed by atoms with Crippen molar-refractivity contribution in [3.8, 4) is 0 Å². The lowest BCUT2D eigenvalue weighted by atomic mass is 9.35. The van der Waals surface area contributed by atoms with Gasteiger partial charge in [0.05, 0.1) is 5.92 Å². The van der Waals surface area contributed by atoms with Crippen molar-refractivity contribution in [2.24, 2.45) is 74.9 Å². The Hall–Kier alpha value is -2.84. The molecule has 0 radical (unpaired) electrons. The third kappa shape index (κ3) is 7.92. The van der Waals surface area contributed by atoms with E-state index in [1.165, 1.54) is 24.8 Å². The molecule has 0 spiro atoms. The largest absolute Gasteiger partial charge is 0.481 e. The van der Waals surface area contributed by atoms with Crippen molar-refractivity contribution < 1.29 is 29.1 Å². The van der Waals surface area contributed by atoms with Gasteiger partial charge in [0.15, 0.2) is 5.78 Å². The van der Waals surface area contributed by atoms with Crippen molar-refractivity contribution in [1.29, 1.82) is 0 Å². The SMILES string of the molecule is CNC(C)CNC(=O)CC12CCC3C(CCC4C3(C)CCC3C(C)(C)C(CC(=O)C5CC(C(=O)O)C5C)CCC34C)C1=C(C(C)C)C(=O)C2.O=Cc1ccc(Cl)cc1. The number of amides is 1. The fourth-order valence-electron chi connectivity index (χ4n) is 14.3. The standard InChI is InChI=1S/C42H66N2O5.C7H5ClO/c1-23(2)36-32(46)20-42(21-35(47)44-22-24(3)43-9)17-13-30-27(37(36)42)10-11-34-40(30,7)16-14-33-39(5,6)26(12-15-41(33,34)8)18-31(45)28-19-29(25(28)4)38(48)49;8-7-3-1-6(5-9)2-4-7/h23-30,33-34,43H,10-22H2,1-9H3,(H,44,47)(H,48,49);1-5H. The average Bonchev–Trinajstić information content (AvgIpc) is 3.46. The molecule has 12 atom stereocenters. The molecule has 0 heterocycles. The minimum Gasteiger partial charge on any atom is -0.481 e. The molecule has 6 aliphatic rings. The van der Waals surface area contributed by atoms with E-state index < -0.39 is 5.97 Å². The van der Waals surface area contributed by atoms with Crippen molar-refractivity contribution in [3.05, 3.63) is 46.0 Å². The molecule has 5 fully saturated rings. The lowest BCUT2D eigenvalue weighted by molar-refractivity contribution is -0.193. The van der Waals surface area contributed by atoms with Gasteiger partial charge < -0.3 is 15.7 Å². The highest BCUT2D eigenvalue weighted by Gasteiger charge is 2.66. The quantitative estimate of drug-likeness (QED) is 0.190. The van der Waals surface area contributed by atoms with Crippen LogP contribution >= 0.6 is 11.6 Å². The van der Waals surface area contributed by atoms with Gasteiger partial charge in [-0.05, 0) is 147 Å². The van der Waals surface area contributed by atoms with Crippen LogP contribution in [0.25, 0.3) is 0 Å². The predicted molar refractivity (Wildman–Crippen MR) is 229 cm³/mol. The van der Waals surface area contributed by atoms with E-state index in [-0.39, 0.29) is 63.1 Å². The van der Waals surface area contributed by atoms with Crippen LogP contribution in [0.4, 0.5) is 0 Å². The summed E-state index contributed by atoms with van der Waals surface area (Å²) in [7, 11) is 1.91. The smallest absolute Gasteiger partial charge is 0.306 e. The Bertz CT molecular complexity index is 1790. The summed E-state index contributed by atoms with van der Waals surface area (Å²) >= 11 is 5.55. The highest BCUT2D eigenvalue weighted by atomic mass is 35.5. The maximum Gasteiger partial charge on any atom is 0.306 e. The van der Waals surface area contributed by atoms with Gasteiger partial charge in [0.25, 0.3) is 0 Å². The zero-order chi connectivity index (χ0) is 42.5. The molecule has 0 bridgehead atoms. The van der Waals surface area contributed by atoms with Crippen LogP contribution in [0.3, 0.4) is 0 Å². The maximum atomic E-state index is 13.8. The van der Waals surface area contributed by atoms with E-state index in [4.69, 9.17) is 11.6 Å². The van der Waals surface area contributed by atoms with Crippen molar-refractivity contribution in [2.75, 3.05) is 13.6 Å². The van der Waals surface area contributed by atoms with Crippen LogP contribution in [0, 0.1) is 74.9 Å². The Kier molecular flexibility index (Phi) is 13.0. The van der Waals surface area contributed by atoms with E-state index in [0.29, 0.717) is 78.2 Å². The molecular weight excluding hydrogens is 748 g/mol. The summed E-state index contributed by atoms with van der Waals surface area (Å²) < 4.78 is 0. The second-order valence-corrected chi connectivity index (χ2v) is 21.5. The van der Waals surface area contributed by atoms with Crippen LogP contribution in [-0.4, -0.2) is 54.5 Å². The van der Waals surface area contributed by atoms with E-state index in [1.807, 2.05) is 14.0 Å². The first kappa shape index (κ1) is 44.7. The van der Waals surface area contributed by atoms with Gasteiger partial charge in [0.2, 0.25) is 5.91 Å². The molecule has 0 aromatic heterocycles. The average molecular weight is 820 g/mol. The number of carbonyl (C=O) groups excluding carboxylic acids is 4. The monoisotopic (exact) mass is 819 g/mol. The summed E-state index contributed by atoms with van der Waals surface area (Å²) in [4.78, 5) is 62.4. The fourth-order valence-corrected chi connectivity index (χ4v) is 14.4. The highest BCUT2D eigenvalue weighted by Crippen LogP contribution is 2.74. The Morgan fingerprint density at radius 2 is 1.59 bits per heavy atom. The number of nitrogens with one attached hydrogen (secondary N) is 2.